The lowest BCUT2D eigenvalue weighted by molar-refractivity contribution is 1.33. The predicted octanol–water partition coefficient (Wildman–Crippen LogP) is 1.89. The third kappa shape index (κ3) is 1.82. The van der Waals surface area contributed by atoms with Crippen molar-refractivity contribution >= 4 is 23.3 Å². The molecule has 1 aliphatic rings. The topological polar surface area (TPSA) is 50.9 Å². The number of rotatable bonds is 3. The summed E-state index contributed by atoms with van der Waals surface area (Å²) < 4.78 is 3.23. The van der Waals surface area contributed by atoms with E-state index in [1.807, 2.05) is 6.07 Å². The fourth-order valence-corrected chi connectivity index (χ4v) is 1.68. The second kappa shape index (κ2) is 3.23. The zero-order valence-electron chi connectivity index (χ0n) is 6.66. The van der Waals surface area contributed by atoms with Gasteiger partial charge >= 0.3 is 0 Å². The Hall–Kier alpha value is -0.900. The Balaban J connectivity index is 1.96. The number of hydrogen-bond donors (Lipinski definition) is 2. The van der Waals surface area contributed by atoms with Crippen LogP contribution in [0.15, 0.2) is 18.5 Å². The highest BCUT2D eigenvalue weighted by atomic mass is 32.2. The summed E-state index contributed by atoms with van der Waals surface area (Å²) in [5.74, 6) is 0. The molecule has 1 heterocycles. The van der Waals surface area contributed by atoms with Crippen molar-refractivity contribution in [3.63, 3.8) is 0 Å². The summed E-state index contributed by atoms with van der Waals surface area (Å²) in [6.07, 6.45) is 6.05. The molecule has 0 unspecified atom stereocenters. The lowest BCUT2D eigenvalue weighted by Crippen LogP contribution is -1.95. The van der Waals surface area contributed by atoms with Gasteiger partial charge < -0.3 is 10.5 Å². The molecule has 1 aromatic heterocycles. The van der Waals surface area contributed by atoms with E-state index in [9.17, 15) is 0 Å². The van der Waals surface area contributed by atoms with E-state index in [0.717, 1.165) is 10.9 Å². The lowest BCUT2D eigenvalue weighted by Gasteiger charge is -2.05. The van der Waals surface area contributed by atoms with Crippen LogP contribution in [-0.4, -0.2) is 10.2 Å². The van der Waals surface area contributed by atoms with E-state index in [4.69, 9.17) is 5.73 Å². The summed E-state index contributed by atoms with van der Waals surface area (Å²) in [6, 6.07) is 1.89. The Morgan fingerprint density at radius 3 is 3.08 bits per heavy atom. The van der Waals surface area contributed by atoms with Gasteiger partial charge in [-0.05, 0) is 30.9 Å². The van der Waals surface area contributed by atoms with Crippen LogP contribution in [0.3, 0.4) is 0 Å². The summed E-state index contributed by atoms with van der Waals surface area (Å²) in [6.45, 7) is 0. The van der Waals surface area contributed by atoms with Crippen LogP contribution in [0.25, 0.3) is 0 Å². The standard InChI is InChI=1S/C8H11N3S/c9-7-5-10-4-3-8(7)11-12-6-1-2-6/h3-6H,1-2,9H2,(H,10,11). The highest BCUT2D eigenvalue weighted by molar-refractivity contribution is 8.01. The first kappa shape index (κ1) is 7.73. The molecule has 3 N–H and O–H groups in total. The number of pyridine rings is 1. The third-order valence-corrected chi connectivity index (χ3v) is 2.85. The molecule has 64 valence electrons. The van der Waals surface area contributed by atoms with Gasteiger partial charge in [-0.2, -0.15) is 0 Å². The average Bonchev–Trinajstić information content (AvgIpc) is 2.86. The second-order valence-corrected chi connectivity index (χ2v) is 3.99. The highest BCUT2D eigenvalue weighted by Crippen LogP contribution is 2.35. The Labute approximate surface area is 75.9 Å². The van der Waals surface area contributed by atoms with Gasteiger partial charge in [0.2, 0.25) is 0 Å². The number of nitrogens with zero attached hydrogens (tertiary/aromatic N) is 1. The van der Waals surface area contributed by atoms with Crippen molar-refractivity contribution in [1.29, 1.82) is 0 Å². The summed E-state index contributed by atoms with van der Waals surface area (Å²) in [4.78, 5) is 3.91. The number of anilines is 2. The molecule has 1 saturated carbocycles. The van der Waals surface area contributed by atoms with Gasteiger partial charge in [-0.15, -0.1) is 0 Å². The second-order valence-electron chi connectivity index (χ2n) is 2.88. The first-order valence-electron chi connectivity index (χ1n) is 3.97. The minimum absolute atomic E-state index is 0.714. The highest BCUT2D eigenvalue weighted by Gasteiger charge is 2.22. The molecule has 3 nitrogen and oxygen atoms in total. The van der Waals surface area contributed by atoms with Crippen LogP contribution in [-0.2, 0) is 0 Å². The molecule has 4 heteroatoms. The van der Waals surface area contributed by atoms with Crippen molar-refractivity contribution in [2.75, 3.05) is 10.5 Å². The first-order valence-corrected chi connectivity index (χ1v) is 4.85. The molecule has 1 aliphatic carbocycles. The summed E-state index contributed by atoms with van der Waals surface area (Å²) in [5, 5.41) is 0.789. The van der Waals surface area contributed by atoms with Gasteiger partial charge in [0, 0.05) is 11.4 Å². The van der Waals surface area contributed by atoms with Crippen molar-refractivity contribution in [2.45, 2.75) is 18.1 Å². The fourth-order valence-electron chi connectivity index (χ4n) is 0.832. The largest absolute Gasteiger partial charge is 0.396 e. The van der Waals surface area contributed by atoms with Crippen LogP contribution < -0.4 is 10.5 Å². The molecule has 0 amide bonds. The van der Waals surface area contributed by atoms with Crippen LogP contribution in [0.2, 0.25) is 0 Å². The van der Waals surface area contributed by atoms with Crippen molar-refractivity contribution in [3.05, 3.63) is 18.5 Å². The Morgan fingerprint density at radius 2 is 2.42 bits per heavy atom. The first-order chi connectivity index (χ1) is 5.86. The van der Waals surface area contributed by atoms with Gasteiger partial charge in [-0.25, -0.2) is 0 Å². The molecular weight excluding hydrogens is 170 g/mol. The maximum Gasteiger partial charge on any atom is 0.0744 e. The Kier molecular flexibility index (Phi) is 2.08. The Bertz CT molecular complexity index is 273. The molecule has 0 spiro atoms. The van der Waals surface area contributed by atoms with E-state index in [2.05, 4.69) is 9.71 Å². The number of hydrogen-bond acceptors (Lipinski definition) is 4. The average molecular weight is 181 g/mol. The molecule has 0 atom stereocenters. The van der Waals surface area contributed by atoms with Crippen molar-refractivity contribution in [2.24, 2.45) is 0 Å². The zero-order valence-corrected chi connectivity index (χ0v) is 7.47. The summed E-state index contributed by atoms with van der Waals surface area (Å²) in [5.41, 5.74) is 7.38. The summed E-state index contributed by atoms with van der Waals surface area (Å²) >= 11 is 1.75. The van der Waals surface area contributed by atoms with Crippen LogP contribution in [0.1, 0.15) is 12.8 Å². The monoisotopic (exact) mass is 181 g/mol. The number of aromatic nitrogens is 1. The fraction of sp³-hybridized carbons (Fsp3) is 0.375. The maximum atomic E-state index is 5.69. The van der Waals surface area contributed by atoms with Crippen molar-refractivity contribution in [3.8, 4) is 0 Å². The van der Waals surface area contributed by atoms with Crippen LogP contribution >= 0.6 is 11.9 Å². The molecule has 2 rings (SSSR count). The summed E-state index contributed by atoms with van der Waals surface area (Å²) in [7, 11) is 0. The maximum absolute atomic E-state index is 5.69. The van der Waals surface area contributed by atoms with Gasteiger partial charge in [0.25, 0.3) is 0 Å². The van der Waals surface area contributed by atoms with Crippen LogP contribution in [0.4, 0.5) is 11.4 Å². The third-order valence-electron chi connectivity index (χ3n) is 1.71. The van der Waals surface area contributed by atoms with Crippen molar-refractivity contribution in [1.82, 2.24) is 4.98 Å². The zero-order chi connectivity index (χ0) is 8.39. The molecular formula is C8H11N3S. The number of nitrogens with two attached hydrogens (primary N) is 1. The lowest BCUT2D eigenvalue weighted by atomic mass is 10.4. The molecule has 0 aliphatic heterocycles. The van der Waals surface area contributed by atoms with E-state index in [1.165, 1.54) is 12.8 Å². The van der Waals surface area contributed by atoms with E-state index < -0.39 is 0 Å². The molecule has 0 saturated heterocycles. The van der Waals surface area contributed by atoms with E-state index in [-0.39, 0.29) is 0 Å². The van der Waals surface area contributed by atoms with E-state index >= 15 is 0 Å². The molecule has 0 bridgehead atoms. The molecule has 0 aromatic carbocycles. The minimum atomic E-state index is 0.714. The molecule has 12 heavy (non-hydrogen) atoms. The normalized spacial score (nSPS) is 16.0. The smallest absolute Gasteiger partial charge is 0.0744 e. The van der Waals surface area contributed by atoms with Crippen LogP contribution in [0, 0.1) is 0 Å². The van der Waals surface area contributed by atoms with Crippen molar-refractivity contribution < 1.29 is 0 Å². The number of nitrogens with one attached hydrogen (secondary N) is 1. The van der Waals surface area contributed by atoms with Gasteiger partial charge in [-0.1, -0.05) is 0 Å². The quantitative estimate of drug-likeness (QED) is 0.699. The van der Waals surface area contributed by atoms with Gasteiger partial charge in [0.1, 0.15) is 0 Å². The minimum Gasteiger partial charge on any atom is -0.396 e. The molecule has 1 fully saturated rings. The molecule has 0 radical (unpaired) electrons. The van der Waals surface area contributed by atoms with Gasteiger partial charge in [0.15, 0.2) is 0 Å². The SMILES string of the molecule is Nc1cnccc1NSC1CC1. The van der Waals surface area contributed by atoms with E-state index in [1.54, 1.807) is 24.3 Å². The number of nitrogen functional groups attached to an aromatic ring is 1. The predicted molar refractivity (Wildman–Crippen MR) is 52.9 cm³/mol. The van der Waals surface area contributed by atoms with E-state index in [0.29, 0.717) is 5.69 Å². The Morgan fingerprint density at radius 1 is 1.58 bits per heavy atom. The van der Waals surface area contributed by atoms with Gasteiger partial charge in [-0.3, -0.25) is 4.98 Å². The molecule has 1 aromatic rings. The van der Waals surface area contributed by atoms with Crippen LogP contribution in [0.5, 0.6) is 0 Å². The van der Waals surface area contributed by atoms with Gasteiger partial charge in [0.05, 0.1) is 17.6 Å².